The highest BCUT2D eigenvalue weighted by Crippen LogP contribution is 2.49. The average molecular weight is 907 g/mol. The van der Waals surface area contributed by atoms with E-state index in [0.717, 1.165) is 39.4 Å². The van der Waals surface area contributed by atoms with Crippen LogP contribution in [0.3, 0.4) is 0 Å². The van der Waals surface area contributed by atoms with Gasteiger partial charge < -0.3 is 14.5 Å². The third-order valence-corrected chi connectivity index (χ3v) is 14.9. The van der Waals surface area contributed by atoms with Gasteiger partial charge in [-0.15, -0.1) is 0 Å². The van der Waals surface area contributed by atoms with Crippen molar-refractivity contribution in [1.29, 1.82) is 0 Å². The largest absolute Gasteiger partial charge is 0.457 e. The first-order valence-corrected chi connectivity index (χ1v) is 24.5. The second-order valence-electron chi connectivity index (χ2n) is 22.4. The number of nitrogens with zero attached hydrogens (tertiary/aromatic N) is 4. The molecule has 69 heavy (non-hydrogen) atoms. The molecular formula is C64H66N4O. The van der Waals surface area contributed by atoms with Gasteiger partial charge in [-0.2, -0.15) is 0 Å². The summed E-state index contributed by atoms with van der Waals surface area (Å²) in [5.74, 6) is 2.47. The summed E-state index contributed by atoms with van der Waals surface area (Å²) < 4.78 is 9.33. The van der Waals surface area contributed by atoms with E-state index in [4.69, 9.17) is 9.72 Å². The van der Waals surface area contributed by atoms with Gasteiger partial charge in [-0.3, -0.25) is 4.57 Å². The second-order valence-corrected chi connectivity index (χ2v) is 22.4. The van der Waals surface area contributed by atoms with Gasteiger partial charge in [0, 0.05) is 51.3 Å². The molecule has 0 bridgehead atoms. The highest BCUT2D eigenvalue weighted by molar-refractivity contribution is 6.09. The second kappa shape index (κ2) is 16.8. The van der Waals surface area contributed by atoms with E-state index in [1.54, 1.807) is 0 Å². The molecule has 0 radical (unpaired) electrons. The van der Waals surface area contributed by atoms with E-state index in [2.05, 4.69) is 261 Å². The fourth-order valence-corrected chi connectivity index (χ4v) is 10.1. The minimum Gasteiger partial charge on any atom is -0.457 e. The Kier molecular flexibility index (Phi) is 11.1. The number of hydrogen-bond donors (Lipinski definition) is 0. The first-order chi connectivity index (χ1) is 32.8. The maximum Gasteiger partial charge on any atom is 0.137 e. The SMILES string of the molecule is Cc1cc2c(cc1C)N(c1cc(C(C)(C)c3ccccc3)cc(C(C)(C)c3ccccc3)c1)CN2c1cc(Oc2ccc3c4ccccc4n(-c4cc(C(C)(C)C)ccn4)c3c2)cc(C(C)(C)C)c1. The molecule has 3 heterocycles. The van der Waals surface area contributed by atoms with Gasteiger partial charge in [0.1, 0.15) is 24.0 Å². The molecule has 9 aromatic rings. The summed E-state index contributed by atoms with van der Waals surface area (Å²) in [6.07, 6.45) is 1.93. The van der Waals surface area contributed by atoms with Crippen LogP contribution in [-0.2, 0) is 21.7 Å². The molecule has 0 amide bonds. The number of para-hydroxylation sites is 1. The van der Waals surface area contributed by atoms with Crippen LogP contribution in [0.5, 0.6) is 11.5 Å². The van der Waals surface area contributed by atoms with E-state index in [1.807, 2.05) is 6.20 Å². The van der Waals surface area contributed by atoms with Crippen LogP contribution < -0.4 is 14.5 Å². The third kappa shape index (κ3) is 8.36. The molecule has 0 saturated heterocycles. The summed E-state index contributed by atoms with van der Waals surface area (Å²) in [5, 5.41) is 2.35. The molecule has 0 N–H and O–H groups in total. The molecule has 1 aliphatic heterocycles. The normalized spacial score (nSPS) is 13.4. The van der Waals surface area contributed by atoms with Crippen molar-refractivity contribution in [3.8, 4) is 17.3 Å². The standard InChI is InChI=1S/C64H66N4O/c1-42-31-58-59(32-43(42)2)67(41-66(58)50-35-48(63(9,10)44-21-15-13-16-22-44)33-49(36-50)64(11,12)45-23-17-14-18-24-45)51-34-47(62(6,7)8)37-53(39-51)69-52-27-28-55-54-25-19-20-26-56(54)68(57(55)40-52)60-38-46(29-30-65-60)61(3,4)5/h13-40H,41H2,1-12H3. The molecule has 10 rings (SSSR count). The van der Waals surface area contributed by atoms with E-state index in [9.17, 15) is 0 Å². The van der Waals surface area contributed by atoms with E-state index in [-0.39, 0.29) is 21.7 Å². The number of aryl methyl sites for hydroxylation is 2. The quantitative estimate of drug-likeness (QED) is 0.144. The Morgan fingerprint density at radius 1 is 0.420 bits per heavy atom. The van der Waals surface area contributed by atoms with Gasteiger partial charge in [0.15, 0.2) is 0 Å². The van der Waals surface area contributed by atoms with Crippen molar-refractivity contribution in [3.63, 3.8) is 0 Å². The number of anilines is 4. The van der Waals surface area contributed by atoms with Crippen LogP contribution in [0.4, 0.5) is 22.7 Å². The summed E-state index contributed by atoms with van der Waals surface area (Å²) >= 11 is 0. The van der Waals surface area contributed by atoms with E-state index < -0.39 is 0 Å². The van der Waals surface area contributed by atoms with Gasteiger partial charge >= 0.3 is 0 Å². The van der Waals surface area contributed by atoms with E-state index in [1.165, 1.54) is 67.0 Å². The van der Waals surface area contributed by atoms with Gasteiger partial charge in [0.25, 0.3) is 0 Å². The molecule has 0 aliphatic carbocycles. The summed E-state index contributed by atoms with van der Waals surface area (Å²) in [4.78, 5) is 9.94. The lowest BCUT2D eigenvalue weighted by Crippen LogP contribution is -2.27. The Labute approximate surface area is 410 Å². The van der Waals surface area contributed by atoms with Gasteiger partial charge in [-0.1, -0.05) is 154 Å². The monoisotopic (exact) mass is 907 g/mol. The van der Waals surface area contributed by atoms with Crippen LogP contribution in [0.2, 0.25) is 0 Å². The molecule has 0 unspecified atom stereocenters. The zero-order valence-corrected chi connectivity index (χ0v) is 42.6. The summed E-state index contributed by atoms with van der Waals surface area (Å²) in [6, 6.07) is 60.2. The van der Waals surface area contributed by atoms with Crippen LogP contribution in [-0.4, -0.2) is 16.2 Å². The summed E-state index contributed by atoms with van der Waals surface area (Å²) in [6.45, 7) is 28.1. The topological polar surface area (TPSA) is 33.5 Å². The highest BCUT2D eigenvalue weighted by Gasteiger charge is 2.34. The van der Waals surface area contributed by atoms with Gasteiger partial charge in [0.2, 0.25) is 0 Å². The van der Waals surface area contributed by atoms with Crippen molar-refractivity contribution >= 4 is 44.6 Å². The van der Waals surface area contributed by atoms with Crippen LogP contribution in [0.1, 0.15) is 114 Å². The lowest BCUT2D eigenvalue weighted by molar-refractivity contribution is 0.479. The van der Waals surface area contributed by atoms with Crippen LogP contribution in [0.15, 0.2) is 170 Å². The van der Waals surface area contributed by atoms with Crippen molar-refractivity contribution in [2.24, 2.45) is 0 Å². The number of aromatic nitrogens is 2. The van der Waals surface area contributed by atoms with E-state index >= 15 is 0 Å². The average Bonchev–Trinajstić information content (AvgIpc) is 3.86. The molecule has 5 heteroatoms. The maximum atomic E-state index is 7.05. The number of ether oxygens (including phenoxy) is 1. The van der Waals surface area contributed by atoms with Crippen molar-refractivity contribution < 1.29 is 4.74 Å². The Bertz CT molecular complexity index is 3310. The predicted molar refractivity (Wildman–Crippen MR) is 291 cm³/mol. The Balaban J connectivity index is 1.09. The predicted octanol–water partition coefficient (Wildman–Crippen LogP) is 17.1. The summed E-state index contributed by atoms with van der Waals surface area (Å²) in [5.41, 5.74) is 16.3. The van der Waals surface area contributed by atoms with E-state index in [0.29, 0.717) is 6.67 Å². The molecule has 7 aromatic carbocycles. The minimum absolute atomic E-state index is 0.0174. The lowest BCUT2D eigenvalue weighted by Gasteiger charge is -2.33. The molecule has 0 atom stereocenters. The van der Waals surface area contributed by atoms with Crippen LogP contribution in [0.25, 0.3) is 27.6 Å². The number of rotatable bonds is 9. The highest BCUT2D eigenvalue weighted by atomic mass is 16.5. The van der Waals surface area contributed by atoms with Crippen molar-refractivity contribution in [3.05, 3.63) is 214 Å². The lowest BCUT2D eigenvalue weighted by atomic mass is 9.73. The number of hydrogen-bond acceptors (Lipinski definition) is 4. The molecule has 1 aliphatic rings. The Morgan fingerprint density at radius 3 is 1.52 bits per heavy atom. The molecule has 2 aromatic heterocycles. The van der Waals surface area contributed by atoms with Crippen molar-refractivity contribution in [2.75, 3.05) is 16.5 Å². The molecule has 348 valence electrons. The van der Waals surface area contributed by atoms with Crippen molar-refractivity contribution in [2.45, 2.75) is 105 Å². The first kappa shape index (κ1) is 45.7. The summed E-state index contributed by atoms with van der Waals surface area (Å²) in [7, 11) is 0. The molecule has 5 nitrogen and oxygen atoms in total. The van der Waals surface area contributed by atoms with Gasteiger partial charge in [-0.25, -0.2) is 4.98 Å². The number of fused-ring (bicyclic) bond motifs is 4. The maximum absolute atomic E-state index is 7.05. The number of benzene rings is 7. The zero-order chi connectivity index (χ0) is 48.6. The van der Waals surface area contributed by atoms with Crippen molar-refractivity contribution in [1.82, 2.24) is 9.55 Å². The first-order valence-electron chi connectivity index (χ1n) is 24.5. The number of pyridine rings is 1. The molecular weight excluding hydrogens is 841 g/mol. The molecule has 0 saturated carbocycles. The van der Waals surface area contributed by atoms with Crippen LogP contribution in [0, 0.1) is 13.8 Å². The van der Waals surface area contributed by atoms with Gasteiger partial charge in [-0.05, 0) is 136 Å². The molecule has 0 fully saturated rings. The third-order valence-electron chi connectivity index (χ3n) is 14.9. The Hall–Kier alpha value is -7.11. The molecule has 0 spiro atoms. The fraction of sp³-hybridized carbons (Fsp3) is 0.266. The van der Waals surface area contributed by atoms with Crippen LogP contribution >= 0.6 is 0 Å². The Morgan fingerprint density at radius 2 is 0.942 bits per heavy atom. The van der Waals surface area contributed by atoms with Gasteiger partial charge in [0.05, 0.1) is 22.4 Å². The smallest absolute Gasteiger partial charge is 0.137 e. The zero-order valence-electron chi connectivity index (χ0n) is 42.6. The minimum atomic E-state index is -0.248. The fourth-order valence-electron chi connectivity index (χ4n) is 10.1.